The van der Waals surface area contributed by atoms with E-state index in [1.54, 1.807) is 6.07 Å². The van der Waals surface area contributed by atoms with Crippen molar-refractivity contribution in [1.82, 2.24) is 0 Å². The van der Waals surface area contributed by atoms with Gasteiger partial charge < -0.3 is 0 Å². The van der Waals surface area contributed by atoms with E-state index >= 15 is 0 Å². The number of hydrogen-bond acceptors (Lipinski definition) is 0. The van der Waals surface area contributed by atoms with E-state index in [0.717, 1.165) is 49.4 Å². The molecule has 0 atom stereocenters. The van der Waals surface area contributed by atoms with Gasteiger partial charge in [0.2, 0.25) is 0 Å². The summed E-state index contributed by atoms with van der Waals surface area (Å²) in [4.78, 5) is 0. The zero-order valence-electron chi connectivity index (χ0n) is 20.2. The minimum Gasteiger partial charge on any atom is -0.207 e. The van der Waals surface area contributed by atoms with E-state index in [-0.39, 0.29) is 35.0 Å². The van der Waals surface area contributed by atoms with Crippen LogP contribution in [0.4, 0.5) is 26.3 Å². The first kappa shape index (κ1) is 26.3. The molecule has 0 N–H and O–H groups in total. The number of fused-ring (bicyclic) bond motifs is 1. The van der Waals surface area contributed by atoms with Crippen LogP contribution in [0.5, 0.6) is 0 Å². The average Bonchev–Trinajstić information content (AvgIpc) is 2.86. The first-order valence-corrected chi connectivity index (χ1v) is 12.1. The van der Waals surface area contributed by atoms with Gasteiger partial charge in [-0.2, -0.15) is 0 Å². The Morgan fingerprint density at radius 1 is 0.595 bits per heavy atom. The maximum absolute atomic E-state index is 14.7. The smallest absolute Gasteiger partial charge is 0.195 e. The fourth-order valence-electron chi connectivity index (χ4n) is 4.21. The second-order valence-corrected chi connectivity index (χ2v) is 8.99. The van der Waals surface area contributed by atoms with Crippen LogP contribution in [-0.4, -0.2) is 0 Å². The number of aryl methyl sites for hydroxylation is 3. The highest BCUT2D eigenvalue weighted by Crippen LogP contribution is 2.24. The van der Waals surface area contributed by atoms with Crippen LogP contribution in [0.3, 0.4) is 0 Å². The minimum absolute atomic E-state index is 0.0701. The molecule has 0 spiro atoms. The summed E-state index contributed by atoms with van der Waals surface area (Å²) in [5.41, 5.74) is 1.57. The second kappa shape index (κ2) is 11.6. The lowest BCUT2D eigenvalue weighted by Crippen LogP contribution is -2.00. The van der Waals surface area contributed by atoms with Crippen molar-refractivity contribution in [3.8, 4) is 11.8 Å². The fourth-order valence-corrected chi connectivity index (χ4v) is 4.21. The Bertz CT molecular complexity index is 1490. The van der Waals surface area contributed by atoms with Gasteiger partial charge in [0.05, 0.1) is 5.56 Å². The molecule has 4 aromatic carbocycles. The van der Waals surface area contributed by atoms with Crippen molar-refractivity contribution >= 4 is 10.8 Å². The summed E-state index contributed by atoms with van der Waals surface area (Å²) in [6.07, 6.45) is 4.52. The highest BCUT2D eigenvalue weighted by atomic mass is 19.2. The van der Waals surface area contributed by atoms with Gasteiger partial charge in [-0.25, -0.2) is 26.3 Å². The van der Waals surface area contributed by atoms with E-state index in [0.29, 0.717) is 11.1 Å². The van der Waals surface area contributed by atoms with Crippen molar-refractivity contribution in [3.63, 3.8) is 0 Å². The lowest BCUT2D eigenvalue weighted by Gasteiger charge is -2.08. The van der Waals surface area contributed by atoms with Crippen molar-refractivity contribution in [3.05, 3.63) is 117 Å². The molecule has 0 unspecified atom stereocenters. The van der Waals surface area contributed by atoms with Gasteiger partial charge >= 0.3 is 0 Å². The summed E-state index contributed by atoms with van der Waals surface area (Å²) in [6, 6.07) is 12.2. The van der Waals surface area contributed by atoms with Crippen LogP contribution in [0.1, 0.15) is 54.0 Å². The van der Waals surface area contributed by atoms with E-state index in [1.165, 1.54) is 24.3 Å². The Balaban J connectivity index is 1.48. The van der Waals surface area contributed by atoms with Crippen molar-refractivity contribution in [2.75, 3.05) is 0 Å². The molecule has 0 saturated carbocycles. The Morgan fingerprint density at radius 2 is 1.32 bits per heavy atom. The molecule has 0 aromatic heterocycles. The maximum atomic E-state index is 14.7. The van der Waals surface area contributed by atoms with Crippen molar-refractivity contribution in [2.24, 2.45) is 0 Å². The molecule has 4 aromatic rings. The number of unbranched alkanes of at least 4 members (excludes halogenated alkanes) is 2. The molecule has 0 radical (unpaired) electrons. The third-order valence-electron chi connectivity index (χ3n) is 6.28. The first-order chi connectivity index (χ1) is 17.8. The summed E-state index contributed by atoms with van der Waals surface area (Å²) in [5.74, 6) is -1.29. The normalized spacial score (nSPS) is 11.0. The average molecular weight is 511 g/mol. The second-order valence-electron chi connectivity index (χ2n) is 8.99. The van der Waals surface area contributed by atoms with Crippen LogP contribution in [-0.2, 0) is 19.3 Å². The van der Waals surface area contributed by atoms with Crippen LogP contribution in [0.15, 0.2) is 54.6 Å². The summed E-state index contributed by atoms with van der Waals surface area (Å²) in [6.45, 7) is 2.11. The number of halogens is 6. The lowest BCUT2D eigenvalue weighted by molar-refractivity contribution is 0.453. The molecule has 190 valence electrons. The number of benzene rings is 4. The predicted molar refractivity (Wildman–Crippen MR) is 133 cm³/mol. The van der Waals surface area contributed by atoms with E-state index in [2.05, 4.69) is 18.8 Å². The molecule has 0 amide bonds. The van der Waals surface area contributed by atoms with E-state index in [1.807, 2.05) is 6.07 Å². The molecule has 6 heteroatoms. The highest BCUT2D eigenvalue weighted by molar-refractivity contribution is 5.84. The molecule has 0 fully saturated rings. The third-order valence-corrected chi connectivity index (χ3v) is 6.28. The van der Waals surface area contributed by atoms with Gasteiger partial charge in [-0.15, -0.1) is 0 Å². The molecule has 0 heterocycles. The van der Waals surface area contributed by atoms with Crippen LogP contribution < -0.4 is 0 Å². The molecule has 0 aliphatic carbocycles. The largest absolute Gasteiger partial charge is 0.207 e. The van der Waals surface area contributed by atoms with Crippen LogP contribution in [0.2, 0.25) is 0 Å². The predicted octanol–water partition coefficient (Wildman–Crippen LogP) is 8.59. The van der Waals surface area contributed by atoms with E-state index in [9.17, 15) is 26.3 Å². The molecule has 0 aliphatic heterocycles. The van der Waals surface area contributed by atoms with E-state index < -0.39 is 34.6 Å². The number of rotatable bonds is 7. The summed E-state index contributed by atoms with van der Waals surface area (Å²) in [7, 11) is 0. The van der Waals surface area contributed by atoms with Crippen molar-refractivity contribution < 1.29 is 26.3 Å². The molecule has 0 nitrogen and oxygen atoms in total. The SMILES string of the molecule is CCCCCc1ccc(CCc2cc(F)c(C#Cc3ccc4c(F)c(F)c(F)cc4c3)c(F)c2)c(F)c1. The molecule has 4 rings (SSSR count). The van der Waals surface area contributed by atoms with Crippen LogP contribution in [0, 0.1) is 46.7 Å². The molecular weight excluding hydrogens is 486 g/mol. The highest BCUT2D eigenvalue weighted by Gasteiger charge is 2.14. The Morgan fingerprint density at radius 3 is 2.03 bits per heavy atom. The Hall–Kier alpha value is -3.72. The first-order valence-electron chi connectivity index (χ1n) is 12.1. The minimum atomic E-state index is -1.57. The molecule has 37 heavy (non-hydrogen) atoms. The molecular formula is C31H24F6. The standard InChI is InChI=1S/C31H24F6/c1-2-3-4-5-19-6-10-22(26(32)15-19)11-7-21-16-27(33)25(28(34)17-21)13-9-20-8-12-24-23(14-20)18-29(35)31(37)30(24)36/h6,8,10,12,14-18H,2-5,7,11H2,1H3. The van der Waals surface area contributed by atoms with Gasteiger partial charge in [0.1, 0.15) is 17.5 Å². The fraction of sp³-hybridized carbons (Fsp3) is 0.226. The zero-order valence-corrected chi connectivity index (χ0v) is 20.2. The quantitative estimate of drug-likeness (QED) is 0.101. The van der Waals surface area contributed by atoms with Gasteiger partial charge in [-0.05, 0) is 84.2 Å². The zero-order chi connectivity index (χ0) is 26.5. The van der Waals surface area contributed by atoms with Crippen molar-refractivity contribution in [1.29, 1.82) is 0 Å². The maximum Gasteiger partial charge on any atom is 0.195 e. The van der Waals surface area contributed by atoms with Crippen molar-refractivity contribution in [2.45, 2.75) is 45.4 Å². The van der Waals surface area contributed by atoms with E-state index in [4.69, 9.17) is 0 Å². The lowest BCUT2D eigenvalue weighted by atomic mass is 9.99. The van der Waals surface area contributed by atoms with Crippen LogP contribution >= 0.6 is 0 Å². The van der Waals surface area contributed by atoms with Gasteiger partial charge in [-0.3, -0.25) is 0 Å². The summed E-state index contributed by atoms with van der Waals surface area (Å²) in [5, 5.41) is -0.0607. The van der Waals surface area contributed by atoms with Crippen LogP contribution in [0.25, 0.3) is 10.8 Å². The van der Waals surface area contributed by atoms with Gasteiger partial charge in [0.15, 0.2) is 17.5 Å². The summed E-state index contributed by atoms with van der Waals surface area (Å²) < 4.78 is 84.6. The van der Waals surface area contributed by atoms with Gasteiger partial charge in [-0.1, -0.05) is 49.8 Å². The number of hydrogen-bond donors (Lipinski definition) is 0. The Labute approximate surface area is 212 Å². The van der Waals surface area contributed by atoms with Gasteiger partial charge in [0, 0.05) is 10.9 Å². The third kappa shape index (κ3) is 6.17. The molecule has 0 saturated heterocycles. The summed E-state index contributed by atoms with van der Waals surface area (Å²) >= 11 is 0. The molecule has 0 bridgehead atoms. The van der Waals surface area contributed by atoms with Gasteiger partial charge in [0.25, 0.3) is 0 Å². The topological polar surface area (TPSA) is 0 Å². The Kier molecular flexibility index (Phi) is 8.23. The molecule has 0 aliphatic rings. The monoisotopic (exact) mass is 510 g/mol.